The summed E-state index contributed by atoms with van der Waals surface area (Å²) in [4.78, 5) is 0. The van der Waals surface area contributed by atoms with Crippen LogP contribution in [0, 0.1) is 53.8 Å². The highest BCUT2D eigenvalue weighted by Gasteiger charge is 2.46. The third-order valence-corrected chi connectivity index (χ3v) is 9.80. The van der Waals surface area contributed by atoms with E-state index in [2.05, 4.69) is 26.7 Å². The molecule has 6 unspecified atom stereocenters. The third-order valence-electron chi connectivity index (χ3n) is 9.80. The van der Waals surface area contributed by atoms with Gasteiger partial charge in [0.1, 0.15) is 0 Å². The summed E-state index contributed by atoms with van der Waals surface area (Å²) in [6.45, 7) is 5.35. The van der Waals surface area contributed by atoms with Crippen molar-refractivity contribution in [2.45, 2.75) is 123 Å². The smallest absolute Gasteiger partial charge is 0.0292 e. The Balaban J connectivity index is 1.48. The summed E-state index contributed by atoms with van der Waals surface area (Å²) < 4.78 is 0. The van der Waals surface area contributed by atoms with E-state index in [0.29, 0.717) is 5.41 Å². The van der Waals surface area contributed by atoms with E-state index in [1.54, 1.807) is 25.7 Å². The van der Waals surface area contributed by atoms with Crippen LogP contribution in [0.2, 0.25) is 0 Å². The van der Waals surface area contributed by atoms with E-state index in [9.17, 15) is 0 Å². The minimum absolute atomic E-state index is 0.532. The summed E-state index contributed by atoms with van der Waals surface area (Å²) in [5, 5.41) is 0. The van der Waals surface area contributed by atoms with Crippen LogP contribution < -0.4 is 0 Å². The molecule has 0 bridgehead atoms. The second kappa shape index (κ2) is 9.87. The summed E-state index contributed by atoms with van der Waals surface area (Å²) >= 11 is 0. The fourth-order valence-electron chi connectivity index (χ4n) is 8.21. The van der Waals surface area contributed by atoms with Gasteiger partial charge in [-0.05, 0) is 98.7 Å². The van der Waals surface area contributed by atoms with Gasteiger partial charge in [0.2, 0.25) is 0 Å². The zero-order valence-electron chi connectivity index (χ0n) is 19.1. The van der Waals surface area contributed by atoms with Gasteiger partial charge in [0, 0.05) is 0 Å². The van der Waals surface area contributed by atoms with E-state index >= 15 is 0 Å². The normalized spacial score (nSPS) is 37.1. The molecule has 0 spiro atoms. The molecule has 0 amide bonds. The van der Waals surface area contributed by atoms with E-state index in [4.69, 9.17) is 0 Å². The van der Waals surface area contributed by atoms with Crippen molar-refractivity contribution >= 4 is 0 Å². The van der Waals surface area contributed by atoms with Crippen LogP contribution in [0.1, 0.15) is 123 Å². The lowest BCUT2D eigenvalue weighted by Crippen LogP contribution is -2.44. The first-order chi connectivity index (χ1) is 13.7. The van der Waals surface area contributed by atoms with E-state index < -0.39 is 0 Å². The minimum Gasteiger partial charge on any atom is -0.0594 e. The largest absolute Gasteiger partial charge is 0.0594 e. The lowest BCUT2D eigenvalue weighted by Gasteiger charge is -2.52. The van der Waals surface area contributed by atoms with Crippen molar-refractivity contribution in [2.75, 3.05) is 0 Å². The van der Waals surface area contributed by atoms with Crippen molar-refractivity contribution in [2.24, 2.45) is 40.9 Å². The molecule has 4 rings (SSSR count). The number of hydrogen-bond acceptors (Lipinski definition) is 0. The highest BCUT2D eigenvalue weighted by molar-refractivity contribution is 5.00. The van der Waals surface area contributed by atoms with Crippen LogP contribution in [0.15, 0.2) is 0 Å². The SMILES string of the molecule is CC(C)(C1[CH]CCCC1)C1CCCCC1C1CCCCC1CC1[CH]CCCC1. The van der Waals surface area contributed by atoms with Crippen molar-refractivity contribution in [1.82, 2.24) is 0 Å². The molecule has 0 heteroatoms. The van der Waals surface area contributed by atoms with Crippen LogP contribution in [0.25, 0.3) is 0 Å². The van der Waals surface area contributed by atoms with Gasteiger partial charge in [-0.3, -0.25) is 0 Å². The van der Waals surface area contributed by atoms with Gasteiger partial charge < -0.3 is 0 Å². The van der Waals surface area contributed by atoms with Gasteiger partial charge in [-0.1, -0.05) is 78.1 Å². The molecule has 4 aliphatic rings. The highest BCUT2D eigenvalue weighted by Crippen LogP contribution is 2.55. The predicted octanol–water partition coefficient (Wildman–Crippen LogP) is 8.80. The van der Waals surface area contributed by atoms with E-state index in [1.165, 1.54) is 83.5 Å². The molecule has 0 aliphatic heterocycles. The first-order valence-electron chi connectivity index (χ1n) is 13.3. The fourth-order valence-corrected chi connectivity index (χ4v) is 8.21. The molecule has 0 aromatic carbocycles. The molecule has 0 aromatic heterocycles. The molecule has 0 aromatic rings. The first kappa shape index (κ1) is 21.2. The minimum atomic E-state index is 0.532. The van der Waals surface area contributed by atoms with Gasteiger partial charge in [-0.15, -0.1) is 0 Å². The topological polar surface area (TPSA) is 0 Å². The quantitative estimate of drug-likeness (QED) is 0.444. The van der Waals surface area contributed by atoms with Gasteiger partial charge in [-0.2, -0.15) is 0 Å². The lowest BCUT2D eigenvalue weighted by atomic mass is 9.53. The van der Waals surface area contributed by atoms with Crippen LogP contribution in [0.4, 0.5) is 0 Å². The zero-order chi connectivity index (χ0) is 19.4. The van der Waals surface area contributed by atoms with Crippen molar-refractivity contribution < 1.29 is 0 Å². The molecule has 0 saturated heterocycles. The average Bonchev–Trinajstić information content (AvgIpc) is 2.75. The van der Waals surface area contributed by atoms with Crippen LogP contribution in [0.3, 0.4) is 0 Å². The van der Waals surface area contributed by atoms with E-state index in [1.807, 2.05) is 0 Å². The second-order valence-corrected chi connectivity index (χ2v) is 11.7. The molecule has 4 aliphatic carbocycles. The molecule has 4 saturated carbocycles. The molecule has 6 atom stereocenters. The van der Waals surface area contributed by atoms with Gasteiger partial charge >= 0.3 is 0 Å². The Morgan fingerprint density at radius 2 is 1.29 bits per heavy atom. The molecular formula is C28H48. The van der Waals surface area contributed by atoms with Crippen LogP contribution in [-0.2, 0) is 0 Å². The maximum absolute atomic E-state index is 2.74. The Labute approximate surface area is 177 Å². The summed E-state index contributed by atoms with van der Waals surface area (Å²) in [5.41, 5.74) is 0.532. The lowest BCUT2D eigenvalue weighted by molar-refractivity contribution is -0.0157. The Morgan fingerprint density at radius 1 is 0.643 bits per heavy atom. The third kappa shape index (κ3) is 4.83. The fraction of sp³-hybridized carbons (Fsp3) is 0.929. The van der Waals surface area contributed by atoms with Gasteiger partial charge in [0.05, 0.1) is 0 Å². The number of rotatable bonds is 5. The molecule has 2 radical (unpaired) electrons. The maximum Gasteiger partial charge on any atom is -0.0292 e. The molecule has 28 heavy (non-hydrogen) atoms. The summed E-state index contributed by atoms with van der Waals surface area (Å²) in [5.74, 6) is 5.97. The van der Waals surface area contributed by atoms with Crippen molar-refractivity contribution in [3.63, 3.8) is 0 Å². The summed E-state index contributed by atoms with van der Waals surface area (Å²) in [6, 6.07) is 0. The molecular weight excluding hydrogens is 336 g/mol. The van der Waals surface area contributed by atoms with Gasteiger partial charge in [0.25, 0.3) is 0 Å². The molecule has 0 N–H and O–H groups in total. The zero-order valence-corrected chi connectivity index (χ0v) is 19.1. The average molecular weight is 385 g/mol. The summed E-state index contributed by atoms with van der Waals surface area (Å²) in [7, 11) is 0. The molecule has 0 nitrogen and oxygen atoms in total. The van der Waals surface area contributed by atoms with E-state index in [0.717, 1.165) is 35.5 Å². The maximum atomic E-state index is 2.74. The monoisotopic (exact) mass is 384 g/mol. The Hall–Kier alpha value is 0. The van der Waals surface area contributed by atoms with Crippen molar-refractivity contribution in [3.05, 3.63) is 12.8 Å². The van der Waals surface area contributed by atoms with E-state index in [-0.39, 0.29) is 0 Å². The van der Waals surface area contributed by atoms with Crippen LogP contribution >= 0.6 is 0 Å². The van der Waals surface area contributed by atoms with Crippen LogP contribution in [-0.4, -0.2) is 0 Å². The Morgan fingerprint density at radius 3 is 2.00 bits per heavy atom. The van der Waals surface area contributed by atoms with Crippen LogP contribution in [0.5, 0.6) is 0 Å². The summed E-state index contributed by atoms with van der Waals surface area (Å²) in [6.07, 6.45) is 30.9. The van der Waals surface area contributed by atoms with Crippen molar-refractivity contribution in [3.8, 4) is 0 Å². The van der Waals surface area contributed by atoms with Gasteiger partial charge in [-0.25, -0.2) is 0 Å². The number of hydrogen-bond donors (Lipinski definition) is 0. The first-order valence-corrected chi connectivity index (χ1v) is 13.3. The predicted molar refractivity (Wildman–Crippen MR) is 122 cm³/mol. The molecule has 0 heterocycles. The van der Waals surface area contributed by atoms with Gasteiger partial charge in [0.15, 0.2) is 0 Å². The Kier molecular flexibility index (Phi) is 7.49. The molecule has 160 valence electrons. The van der Waals surface area contributed by atoms with Crippen molar-refractivity contribution in [1.29, 1.82) is 0 Å². The highest BCUT2D eigenvalue weighted by atomic mass is 14.5. The molecule has 4 fully saturated rings. The standard InChI is InChI=1S/C28H48/c1-28(2,24-16-7-4-8-17-24)27-20-12-11-19-26(27)25-18-10-9-15-23(25)21-22-13-5-3-6-14-22/h13,16,22-27H,3-12,14-15,17-21H2,1-2H3. The second-order valence-electron chi connectivity index (χ2n) is 11.7. The Bertz CT molecular complexity index is 451.